The molecule has 2 aliphatic rings. The summed E-state index contributed by atoms with van der Waals surface area (Å²) in [5, 5.41) is 5.55. The molecule has 4 rings (SSSR count). The molecule has 142 valence electrons. The number of carbonyl (C=O) groups excluding carboxylic acids is 1. The number of aromatic amines is 1. The van der Waals surface area contributed by atoms with E-state index in [1.165, 1.54) is 16.5 Å². The second-order valence-electron chi connectivity index (χ2n) is 8.25. The van der Waals surface area contributed by atoms with Crippen molar-refractivity contribution in [3.63, 3.8) is 0 Å². The van der Waals surface area contributed by atoms with Gasteiger partial charge >= 0.3 is 0 Å². The van der Waals surface area contributed by atoms with E-state index in [2.05, 4.69) is 41.5 Å². The van der Waals surface area contributed by atoms with Gasteiger partial charge < -0.3 is 9.88 Å². The number of hydrogen-bond acceptors (Lipinski definition) is 3. The molecule has 0 unspecified atom stereocenters. The van der Waals surface area contributed by atoms with Crippen LogP contribution in [-0.2, 0) is 16.6 Å². The molecule has 1 aromatic carbocycles. The fraction of sp³-hybridized carbons (Fsp3) is 0.455. The molecular weight excluding hydrogens is 336 g/mol. The highest BCUT2D eigenvalue weighted by atomic mass is 16.2. The Bertz CT molecular complexity index is 964. The number of aromatic nitrogens is 1. The number of hydrazone groups is 1. The van der Waals surface area contributed by atoms with Gasteiger partial charge in [0.15, 0.2) is 0 Å². The van der Waals surface area contributed by atoms with Crippen LogP contribution >= 0.6 is 0 Å². The molecule has 0 atom stereocenters. The molecule has 0 saturated carbocycles. The Balaban J connectivity index is 1.87. The number of carbonyl (C=O) groups is 1. The Kier molecular flexibility index (Phi) is 4.33. The van der Waals surface area contributed by atoms with E-state index in [9.17, 15) is 4.79 Å². The molecule has 5 nitrogen and oxygen atoms in total. The van der Waals surface area contributed by atoms with E-state index in [0.717, 1.165) is 54.7 Å². The molecule has 2 aromatic rings. The van der Waals surface area contributed by atoms with Crippen molar-refractivity contribution >= 4 is 28.7 Å². The molecule has 1 aromatic heterocycles. The second-order valence-corrected chi connectivity index (χ2v) is 8.25. The van der Waals surface area contributed by atoms with Crippen LogP contribution in [0.3, 0.4) is 0 Å². The summed E-state index contributed by atoms with van der Waals surface area (Å²) in [6.45, 7) is 9.08. The van der Waals surface area contributed by atoms with Gasteiger partial charge in [0.1, 0.15) is 0 Å². The molecule has 0 saturated heterocycles. The summed E-state index contributed by atoms with van der Waals surface area (Å²) >= 11 is 0. The minimum atomic E-state index is -0.482. The Labute approximate surface area is 160 Å². The normalized spacial score (nSPS) is 22.0. The van der Waals surface area contributed by atoms with Gasteiger partial charge in [-0.25, -0.2) is 0 Å². The number of fused-ring (bicyclic) bond motifs is 4. The highest BCUT2D eigenvalue weighted by molar-refractivity contribution is 6.10. The van der Waals surface area contributed by atoms with Crippen molar-refractivity contribution in [1.82, 2.24) is 10.4 Å². The molecule has 0 fully saturated rings. The summed E-state index contributed by atoms with van der Waals surface area (Å²) in [5.74, 6) is 0.203. The average Bonchev–Trinajstić information content (AvgIpc) is 3.06. The molecule has 1 amide bonds. The maximum absolute atomic E-state index is 13.0. The van der Waals surface area contributed by atoms with Crippen LogP contribution in [0.25, 0.3) is 10.9 Å². The van der Waals surface area contributed by atoms with Gasteiger partial charge in [0.05, 0.1) is 17.3 Å². The molecule has 2 aliphatic heterocycles. The van der Waals surface area contributed by atoms with Crippen LogP contribution in [0.1, 0.15) is 63.8 Å². The minimum absolute atomic E-state index is 0.203. The number of benzene rings is 1. The van der Waals surface area contributed by atoms with Crippen molar-refractivity contribution in [2.24, 2.45) is 5.10 Å². The van der Waals surface area contributed by atoms with Gasteiger partial charge in [0, 0.05) is 29.3 Å². The first-order chi connectivity index (χ1) is 12.9. The summed E-state index contributed by atoms with van der Waals surface area (Å²) < 4.78 is 0. The minimum Gasteiger partial charge on any atom is -0.353 e. The Morgan fingerprint density at radius 3 is 2.85 bits per heavy atom. The molecule has 2 N–H and O–H groups in total. The molecular formula is C22H28N4O. The lowest BCUT2D eigenvalue weighted by atomic mass is 9.85. The maximum Gasteiger partial charge on any atom is 0.237 e. The lowest BCUT2D eigenvalue weighted by Crippen LogP contribution is -2.36. The zero-order valence-corrected chi connectivity index (χ0v) is 16.6. The molecule has 27 heavy (non-hydrogen) atoms. The van der Waals surface area contributed by atoms with Gasteiger partial charge in [-0.3, -0.25) is 10.2 Å². The van der Waals surface area contributed by atoms with Gasteiger partial charge in [-0.05, 0) is 69.7 Å². The standard InChI is InChI=1S/C22H28N4O/c1-5-9-26-20-10-16-15-8-6-7-14(2)12-23-24-13-19(15)25-18(16)11-17(20)22(3,4)21(26)27/h10-13,23,25H,5-9H2,1-4H3/b14-12+,24-13+. The van der Waals surface area contributed by atoms with Crippen LogP contribution in [0.4, 0.5) is 5.69 Å². The van der Waals surface area contributed by atoms with Gasteiger partial charge in [0.25, 0.3) is 0 Å². The molecule has 0 radical (unpaired) electrons. The topological polar surface area (TPSA) is 60.5 Å². The van der Waals surface area contributed by atoms with Crippen molar-refractivity contribution in [3.05, 3.63) is 40.7 Å². The van der Waals surface area contributed by atoms with Gasteiger partial charge in [-0.2, -0.15) is 5.10 Å². The smallest absolute Gasteiger partial charge is 0.237 e. The van der Waals surface area contributed by atoms with E-state index in [0.29, 0.717) is 0 Å². The summed E-state index contributed by atoms with van der Waals surface area (Å²) in [4.78, 5) is 18.5. The number of hydrogen-bond donors (Lipinski definition) is 2. The van der Waals surface area contributed by atoms with E-state index >= 15 is 0 Å². The van der Waals surface area contributed by atoms with E-state index in [1.807, 2.05) is 31.2 Å². The quantitative estimate of drug-likeness (QED) is 0.831. The van der Waals surface area contributed by atoms with Crippen molar-refractivity contribution in [3.8, 4) is 0 Å². The third kappa shape index (κ3) is 2.85. The van der Waals surface area contributed by atoms with Crippen LogP contribution in [-0.4, -0.2) is 23.7 Å². The lowest BCUT2D eigenvalue weighted by molar-refractivity contribution is -0.122. The van der Waals surface area contributed by atoms with Crippen LogP contribution in [0.2, 0.25) is 0 Å². The number of allylic oxidation sites excluding steroid dienone is 1. The number of amides is 1. The number of rotatable bonds is 2. The molecule has 0 spiro atoms. The number of nitrogens with zero attached hydrogens (tertiary/aromatic N) is 2. The fourth-order valence-electron chi connectivity index (χ4n) is 4.28. The summed E-state index contributed by atoms with van der Waals surface area (Å²) in [6.07, 6.45) is 7.93. The van der Waals surface area contributed by atoms with Crippen LogP contribution in [0.5, 0.6) is 0 Å². The molecule has 3 heterocycles. The monoisotopic (exact) mass is 364 g/mol. The van der Waals surface area contributed by atoms with Crippen LogP contribution in [0, 0.1) is 0 Å². The van der Waals surface area contributed by atoms with Gasteiger partial charge in [0.2, 0.25) is 5.91 Å². The second kappa shape index (κ2) is 6.55. The summed E-state index contributed by atoms with van der Waals surface area (Å²) in [5.41, 5.74) is 9.46. The van der Waals surface area contributed by atoms with Crippen molar-refractivity contribution in [2.45, 2.75) is 58.8 Å². The summed E-state index contributed by atoms with van der Waals surface area (Å²) in [7, 11) is 0. The zero-order chi connectivity index (χ0) is 19.2. The largest absolute Gasteiger partial charge is 0.353 e. The number of H-pyrrole nitrogens is 1. The fourth-order valence-corrected chi connectivity index (χ4v) is 4.28. The van der Waals surface area contributed by atoms with Gasteiger partial charge in [-0.1, -0.05) is 12.5 Å². The number of anilines is 1. The molecule has 0 aliphatic carbocycles. The third-order valence-corrected chi connectivity index (χ3v) is 5.82. The third-order valence-electron chi connectivity index (χ3n) is 5.82. The Morgan fingerprint density at radius 2 is 2.07 bits per heavy atom. The number of aryl methyl sites for hydroxylation is 1. The molecule has 5 heteroatoms. The first-order valence-electron chi connectivity index (χ1n) is 9.88. The molecule has 0 bridgehead atoms. The van der Waals surface area contributed by atoms with E-state index in [1.54, 1.807) is 0 Å². The van der Waals surface area contributed by atoms with E-state index < -0.39 is 5.41 Å². The Morgan fingerprint density at radius 1 is 1.26 bits per heavy atom. The van der Waals surface area contributed by atoms with E-state index in [4.69, 9.17) is 0 Å². The summed E-state index contributed by atoms with van der Waals surface area (Å²) in [6, 6.07) is 4.40. The first kappa shape index (κ1) is 17.8. The maximum atomic E-state index is 13.0. The Hall–Kier alpha value is -2.56. The lowest BCUT2D eigenvalue weighted by Gasteiger charge is -2.19. The van der Waals surface area contributed by atoms with Crippen molar-refractivity contribution in [1.29, 1.82) is 0 Å². The SMILES string of the molecule is CCCN1C(=O)C(C)(C)c2cc3[nH]c4c(c3cc21)CCC/C(C)=C/N/N=C/4. The van der Waals surface area contributed by atoms with Crippen LogP contribution in [0.15, 0.2) is 29.0 Å². The predicted molar refractivity (Wildman–Crippen MR) is 111 cm³/mol. The van der Waals surface area contributed by atoms with E-state index in [-0.39, 0.29) is 5.91 Å². The highest BCUT2D eigenvalue weighted by Crippen LogP contribution is 2.44. The van der Waals surface area contributed by atoms with Crippen LogP contribution < -0.4 is 10.3 Å². The first-order valence-corrected chi connectivity index (χ1v) is 9.88. The average molecular weight is 364 g/mol. The number of nitrogens with one attached hydrogen (secondary N) is 2. The van der Waals surface area contributed by atoms with Gasteiger partial charge in [-0.15, -0.1) is 0 Å². The highest BCUT2D eigenvalue weighted by Gasteiger charge is 2.43. The predicted octanol–water partition coefficient (Wildman–Crippen LogP) is 4.37. The van der Waals surface area contributed by atoms with Crippen molar-refractivity contribution < 1.29 is 4.79 Å². The van der Waals surface area contributed by atoms with Crippen molar-refractivity contribution in [2.75, 3.05) is 11.4 Å². The zero-order valence-electron chi connectivity index (χ0n) is 16.6.